The lowest BCUT2D eigenvalue weighted by Crippen LogP contribution is -2.23. The number of hydrogen-bond donors (Lipinski definition) is 3. The Bertz CT molecular complexity index is 3180. The Morgan fingerprint density at radius 3 is 1.37 bits per heavy atom. The summed E-state index contributed by atoms with van der Waals surface area (Å²) >= 11 is 0. The van der Waals surface area contributed by atoms with Gasteiger partial charge in [0.25, 0.3) is 11.8 Å². The Morgan fingerprint density at radius 1 is 0.574 bits per heavy atom. The molecule has 2 aromatic heterocycles. The zero-order valence-corrected chi connectivity index (χ0v) is 38.3. The third kappa shape index (κ3) is 10.2. The van der Waals surface area contributed by atoms with E-state index >= 15 is 0 Å². The number of hydrogen-bond acceptors (Lipinski definition) is 9. The lowest BCUT2D eigenvalue weighted by Gasteiger charge is -2.19. The maximum Gasteiger partial charge on any atom is 0.338 e. The van der Waals surface area contributed by atoms with E-state index in [4.69, 9.17) is 23.0 Å². The van der Waals surface area contributed by atoms with Gasteiger partial charge in [-0.2, -0.15) is 0 Å². The summed E-state index contributed by atoms with van der Waals surface area (Å²) in [7, 11) is 3.05. The van der Waals surface area contributed by atoms with Gasteiger partial charge in [-0.1, -0.05) is 24.3 Å². The van der Waals surface area contributed by atoms with Crippen molar-refractivity contribution in [2.24, 2.45) is 0 Å². The van der Waals surface area contributed by atoms with Crippen LogP contribution in [0.15, 0.2) is 130 Å². The van der Waals surface area contributed by atoms with Gasteiger partial charge in [-0.25, -0.2) is 18.4 Å². The molecule has 0 spiro atoms. The Labute approximate surface area is 390 Å². The number of nitrogens with one attached hydrogen (secondary N) is 2. The third-order valence-corrected chi connectivity index (χ3v) is 10.5. The van der Waals surface area contributed by atoms with Gasteiger partial charge in [0.15, 0.2) is 0 Å². The van der Waals surface area contributed by atoms with Crippen LogP contribution in [0.1, 0.15) is 76.1 Å². The van der Waals surface area contributed by atoms with Crippen molar-refractivity contribution in [3.05, 3.63) is 155 Å². The molecule has 0 radical (unpaired) electrons. The van der Waals surface area contributed by atoms with Gasteiger partial charge >= 0.3 is 11.9 Å². The van der Waals surface area contributed by atoms with Crippen LogP contribution in [0.3, 0.4) is 0 Å². The highest BCUT2D eigenvalue weighted by Gasteiger charge is 2.26. The van der Waals surface area contributed by atoms with Crippen LogP contribution in [0, 0.1) is 11.6 Å². The van der Waals surface area contributed by atoms with E-state index in [1.807, 2.05) is 46.8 Å². The molecule has 0 bridgehead atoms. The molecule has 68 heavy (non-hydrogen) atoms. The third-order valence-electron chi connectivity index (χ3n) is 10.5. The minimum atomic E-state index is -1.04. The van der Waals surface area contributed by atoms with Crippen molar-refractivity contribution in [2.75, 3.05) is 27.3 Å². The highest BCUT2D eigenvalue weighted by molar-refractivity contribution is 6.13. The molecule has 8 rings (SSSR count). The Balaban J connectivity index is 0.000000203. The maximum atomic E-state index is 13.5. The second-order valence-corrected chi connectivity index (χ2v) is 16.3. The second kappa shape index (κ2) is 20.1. The average Bonchev–Trinajstić information content (AvgIpc) is 3.89. The van der Waals surface area contributed by atoms with E-state index in [-0.39, 0.29) is 23.2 Å². The molecule has 0 aliphatic rings. The maximum absolute atomic E-state index is 13.5. The molecule has 0 saturated carbocycles. The van der Waals surface area contributed by atoms with Gasteiger partial charge in [-0.3, -0.25) is 9.59 Å². The molecular formula is C54H48F2N2O10. The van der Waals surface area contributed by atoms with Crippen LogP contribution >= 0.6 is 0 Å². The van der Waals surface area contributed by atoms with Gasteiger partial charge in [-0.15, -0.1) is 0 Å². The normalized spacial score (nSPS) is 11.1. The summed E-state index contributed by atoms with van der Waals surface area (Å²) in [4.78, 5) is 49.9. The SMILES string of the molecule is CCOc1cc2oc(-c3ccc(F)cc3)c(C(=O)NC)c2cc1-c1cccc(C(=O)O)c1.CCOc1cc2oc(-c3ccc(F)cc3)c(C(=O)NC)c2cc1-c1cccc(C(=O)OC(C)(C)C)c1. The first kappa shape index (κ1) is 47.7. The first-order chi connectivity index (χ1) is 32.5. The van der Waals surface area contributed by atoms with Crippen molar-refractivity contribution in [3.63, 3.8) is 0 Å². The molecule has 3 N–H and O–H groups in total. The molecule has 6 aromatic carbocycles. The Morgan fingerprint density at radius 2 is 0.985 bits per heavy atom. The van der Waals surface area contributed by atoms with E-state index in [2.05, 4.69) is 10.6 Å². The largest absolute Gasteiger partial charge is 0.493 e. The number of esters is 1. The summed E-state index contributed by atoms with van der Waals surface area (Å²) in [6.45, 7) is 9.93. The topological polar surface area (TPSA) is 167 Å². The fourth-order valence-corrected chi connectivity index (χ4v) is 7.53. The van der Waals surface area contributed by atoms with Crippen molar-refractivity contribution in [1.82, 2.24) is 10.6 Å². The van der Waals surface area contributed by atoms with E-state index in [0.29, 0.717) is 103 Å². The van der Waals surface area contributed by atoms with Gasteiger partial charge in [0.1, 0.15) is 51.4 Å². The van der Waals surface area contributed by atoms with Crippen LogP contribution < -0.4 is 20.1 Å². The van der Waals surface area contributed by atoms with Crippen LogP contribution in [0.4, 0.5) is 8.78 Å². The van der Waals surface area contributed by atoms with Crippen molar-refractivity contribution < 1.29 is 56.1 Å². The number of benzene rings is 6. The van der Waals surface area contributed by atoms with Crippen LogP contribution in [-0.2, 0) is 4.74 Å². The number of carboxylic acids is 1. The van der Waals surface area contributed by atoms with Gasteiger partial charge < -0.3 is 38.8 Å². The molecule has 2 amide bonds. The van der Waals surface area contributed by atoms with Gasteiger partial charge in [0, 0.05) is 59.3 Å². The number of fused-ring (bicyclic) bond motifs is 2. The predicted molar refractivity (Wildman–Crippen MR) is 255 cm³/mol. The number of amides is 2. The van der Waals surface area contributed by atoms with Crippen LogP contribution in [0.5, 0.6) is 11.5 Å². The number of carbonyl (C=O) groups is 4. The zero-order chi connectivity index (χ0) is 48.9. The minimum Gasteiger partial charge on any atom is -0.493 e. The fraction of sp³-hybridized carbons (Fsp3) is 0.185. The molecule has 14 heteroatoms. The molecule has 348 valence electrons. The van der Waals surface area contributed by atoms with Crippen LogP contribution in [0.2, 0.25) is 0 Å². The molecule has 0 aliphatic heterocycles. The summed E-state index contributed by atoms with van der Waals surface area (Å²) in [5.41, 5.74) is 5.17. The molecule has 8 aromatic rings. The first-order valence-electron chi connectivity index (χ1n) is 21.6. The summed E-state index contributed by atoms with van der Waals surface area (Å²) in [5, 5.41) is 15.7. The van der Waals surface area contributed by atoms with Crippen LogP contribution in [0.25, 0.3) is 66.8 Å². The van der Waals surface area contributed by atoms with Crippen molar-refractivity contribution in [1.29, 1.82) is 0 Å². The standard InChI is InChI=1S/C29H28FNO5.C25H20FNO5/c1-6-34-23-16-24-22(25(27(32)31-5)26(35-24)17-10-12-20(30)13-11-17)15-21(23)18-8-7-9-19(14-18)28(33)36-29(2,3)4;1-3-31-20-13-21-19(12-18(20)15-5-4-6-16(11-15)25(29)30)22(24(28)27-2)23(32-21)14-7-9-17(26)10-8-14/h7-16H,6H2,1-5H3,(H,31,32);4-13H,3H2,1-2H3,(H,27,28)(H,29,30). The molecule has 12 nitrogen and oxygen atoms in total. The lowest BCUT2D eigenvalue weighted by molar-refractivity contribution is 0.00690. The first-order valence-corrected chi connectivity index (χ1v) is 21.6. The Kier molecular flexibility index (Phi) is 14.1. The number of ether oxygens (including phenoxy) is 3. The van der Waals surface area contributed by atoms with E-state index in [1.165, 1.54) is 44.4 Å². The highest BCUT2D eigenvalue weighted by Crippen LogP contribution is 2.43. The van der Waals surface area contributed by atoms with Gasteiger partial charge in [-0.05, 0) is 131 Å². The zero-order valence-electron chi connectivity index (χ0n) is 38.3. The smallest absolute Gasteiger partial charge is 0.338 e. The van der Waals surface area contributed by atoms with Crippen LogP contribution in [-0.4, -0.2) is 61.8 Å². The average molecular weight is 923 g/mol. The summed E-state index contributed by atoms with van der Waals surface area (Å²) in [5.74, 6) is -1.31. The fourth-order valence-electron chi connectivity index (χ4n) is 7.53. The lowest BCUT2D eigenvalue weighted by atomic mass is 9.98. The van der Waals surface area contributed by atoms with E-state index in [9.17, 15) is 33.1 Å². The number of rotatable bonds is 12. The second-order valence-electron chi connectivity index (χ2n) is 16.3. The number of aromatic carboxylic acids is 1. The summed E-state index contributed by atoms with van der Waals surface area (Å²) in [6, 6.07) is 31.9. The quantitative estimate of drug-likeness (QED) is 0.100. The monoisotopic (exact) mass is 922 g/mol. The van der Waals surface area contributed by atoms with Crippen molar-refractivity contribution in [2.45, 2.75) is 40.2 Å². The highest BCUT2D eigenvalue weighted by atomic mass is 19.1. The molecule has 0 unspecified atom stereocenters. The summed E-state index contributed by atoms with van der Waals surface area (Å²) < 4.78 is 56.3. The molecule has 0 aliphatic carbocycles. The number of halogens is 2. The molecule has 0 atom stereocenters. The van der Waals surface area contributed by atoms with Crippen molar-refractivity contribution in [3.8, 4) is 56.4 Å². The molecular weight excluding hydrogens is 875 g/mol. The van der Waals surface area contributed by atoms with Gasteiger partial charge in [0.05, 0.1) is 35.5 Å². The molecule has 0 saturated heterocycles. The van der Waals surface area contributed by atoms with E-state index in [0.717, 1.165) is 5.56 Å². The molecule has 2 heterocycles. The number of carboxylic acid groups (broad SMARTS) is 1. The molecule has 0 fully saturated rings. The van der Waals surface area contributed by atoms with Gasteiger partial charge in [0.2, 0.25) is 0 Å². The van der Waals surface area contributed by atoms with E-state index in [1.54, 1.807) is 78.9 Å². The predicted octanol–water partition coefficient (Wildman–Crippen LogP) is 12.0. The summed E-state index contributed by atoms with van der Waals surface area (Å²) in [6.07, 6.45) is 0. The van der Waals surface area contributed by atoms with Crippen molar-refractivity contribution >= 4 is 45.7 Å². The van der Waals surface area contributed by atoms with E-state index < -0.39 is 23.4 Å². The minimum absolute atomic E-state index is 0.135. The number of carbonyl (C=O) groups excluding carboxylic acids is 3. The number of furan rings is 2. The Hall–Kier alpha value is -8.26.